The zero-order valence-corrected chi connectivity index (χ0v) is 45.3. The first-order valence-electron chi connectivity index (χ1n) is 26.0. The number of esters is 2. The van der Waals surface area contributed by atoms with Crippen molar-refractivity contribution in [2.45, 2.75) is 122 Å². The lowest BCUT2D eigenvalue weighted by atomic mass is 10.0. The summed E-state index contributed by atoms with van der Waals surface area (Å²) in [4.78, 5) is 33.2. The average molecular weight is 1160 g/mol. The molecular formula is C61H66F9NO11. The quantitative estimate of drug-likeness (QED) is 0.0244. The second kappa shape index (κ2) is 33.3. The fraction of sp³-hybridized carbons (Fsp3) is 0.361. The van der Waals surface area contributed by atoms with Crippen LogP contribution in [0.25, 0.3) is 0 Å². The topological polar surface area (TPSA) is 170 Å². The molecule has 3 atom stereocenters. The van der Waals surface area contributed by atoms with Gasteiger partial charge in [0.15, 0.2) is 11.5 Å². The van der Waals surface area contributed by atoms with Crippen molar-refractivity contribution in [3.8, 4) is 23.0 Å². The Balaban J connectivity index is 0.000000264. The summed E-state index contributed by atoms with van der Waals surface area (Å²) < 4.78 is 139. The Morgan fingerprint density at radius 3 is 1.16 bits per heavy atom. The highest BCUT2D eigenvalue weighted by Crippen LogP contribution is 2.32. The number of carbonyl (C=O) groups is 3. The summed E-state index contributed by atoms with van der Waals surface area (Å²) in [5.74, 6) is 0.556. The van der Waals surface area contributed by atoms with E-state index in [1.165, 1.54) is 57.2 Å². The first kappa shape index (κ1) is 66.9. The lowest BCUT2D eigenvalue weighted by molar-refractivity contribution is -0.142. The number of alkyl halides is 9. The molecule has 0 fully saturated rings. The van der Waals surface area contributed by atoms with E-state index in [-0.39, 0.29) is 38.1 Å². The predicted molar refractivity (Wildman–Crippen MR) is 288 cm³/mol. The molecule has 12 nitrogen and oxygen atoms in total. The van der Waals surface area contributed by atoms with Gasteiger partial charge in [-0.3, -0.25) is 14.4 Å². The largest absolute Gasteiger partial charge is 0.490 e. The number of hydrogen-bond donors (Lipinski definition) is 4. The minimum Gasteiger partial charge on any atom is -0.490 e. The summed E-state index contributed by atoms with van der Waals surface area (Å²) >= 11 is 0. The van der Waals surface area contributed by atoms with Crippen LogP contribution >= 0.6 is 0 Å². The maximum Gasteiger partial charge on any atom is 0.416 e. The molecule has 0 saturated heterocycles. The molecule has 3 unspecified atom stereocenters. The molecule has 6 aromatic carbocycles. The van der Waals surface area contributed by atoms with Crippen molar-refractivity contribution in [3.63, 3.8) is 0 Å². The summed E-state index contributed by atoms with van der Waals surface area (Å²) in [6.45, 7) is 4.25. The van der Waals surface area contributed by atoms with Gasteiger partial charge < -0.3 is 44.3 Å². The summed E-state index contributed by atoms with van der Waals surface area (Å²) in [5, 5.41) is 32.8. The van der Waals surface area contributed by atoms with E-state index < -0.39 is 65.5 Å². The Kier molecular flexibility index (Phi) is 27.2. The lowest BCUT2D eigenvalue weighted by Gasteiger charge is -2.15. The summed E-state index contributed by atoms with van der Waals surface area (Å²) in [6.07, 6.45) is -10.3. The third-order valence-electron chi connectivity index (χ3n) is 11.9. The Hall–Kier alpha value is -7.62. The number of amides is 1. The van der Waals surface area contributed by atoms with Gasteiger partial charge >= 0.3 is 30.5 Å². The Bertz CT molecular complexity index is 2730. The van der Waals surface area contributed by atoms with Gasteiger partial charge in [0.2, 0.25) is 5.91 Å². The number of aliphatic hydroxyl groups is 3. The number of hydrogen-bond acceptors (Lipinski definition) is 11. The molecule has 6 rings (SSSR count). The van der Waals surface area contributed by atoms with Crippen LogP contribution in [0.2, 0.25) is 0 Å². The summed E-state index contributed by atoms with van der Waals surface area (Å²) in [7, 11) is 0. The van der Waals surface area contributed by atoms with Gasteiger partial charge in [0.05, 0.1) is 40.7 Å². The lowest BCUT2D eigenvalue weighted by Crippen LogP contribution is -2.18. The number of aryl methyl sites for hydroxylation is 3. The van der Waals surface area contributed by atoms with Gasteiger partial charge in [0, 0.05) is 26.3 Å². The SMILES string of the molecule is CC(=O)Nc1ccccc1OCC(O)CCCc1ccc(C(F)(F)F)cc1.CC(=O)OCc1ccccc1OCC(O)CCCc1ccc(C(F)(F)F)cc1.CC(=O)Oc1ccccc1OCC(O)CCCc1ccc(C(F)(F)F)cc1. The number of benzene rings is 6. The second-order valence-corrected chi connectivity index (χ2v) is 18.8. The van der Waals surface area contributed by atoms with Crippen LogP contribution in [-0.4, -0.2) is 71.3 Å². The third-order valence-corrected chi connectivity index (χ3v) is 11.9. The normalized spacial score (nSPS) is 12.5. The van der Waals surface area contributed by atoms with Gasteiger partial charge in [-0.1, -0.05) is 78.9 Å². The fourth-order valence-corrected chi connectivity index (χ4v) is 7.65. The summed E-state index contributed by atoms with van der Waals surface area (Å²) in [6, 6.07) is 35.7. The Labute approximate surface area is 469 Å². The Morgan fingerprint density at radius 2 is 0.780 bits per heavy atom. The minimum atomic E-state index is -4.34. The van der Waals surface area contributed by atoms with Crippen molar-refractivity contribution in [1.29, 1.82) is 0 Å². The first-order valence-corrected chi connectivity index (χ1v) is 26.0. The van der Waals surface area contributed by atoms with Crippen LogP contribution in [0.15, 0.2) is 146 Å². The van der Waals surface area contributed by atoms with E-state index in [1.54, 1.807) is 72.8 Å². The van der Waals surface area contributed by atoms with Crippen LogP contribution < -0.4 is 24.3 Å². The molecule has 6 aromatic rings. The number of aliphatic hydroxyl groups excluding tert-OH is 3. The molecule has 0 saturated carbocycles. The number of carbonyl (C=O) groups excluding carboxylic acids is 3. The van der Waals surface area contributed by atoms with Gasteiger partial charge in [0.25, 0.3) is 0 Å². The van der Waals surface area contributed by atoms with Gasteiger partial charge in [-0.05, 0) is 141 Å². The van der Waals surface area contributed by atoms with Crippen molar-refractivity contribution in [2.75, 3.05) is 25.1 Å². The van der Waals surface area contributed by atoms with E-state index in [1.807, 2.05) is 0 Å². The van der Waals surface area contributed by atoms with Crippen molar-refractivity contribution in [1.82, 2.24) is 0 Å². The number of halogens is 9. The maximum atomic E-state index is 12.5. The van der Waals surface area contributed by atoms with E-state index in [0.717, 1.165) is 53.1 Å². The van der Waals surface area contributed by atoms with Gasteiger partial charge in [0.1, 0.15) is 37.9 Å². The van der Waals surface area contributed by atoms with Crippen molar-refractivity contribution in [2.24, 2.45) is 0 Å². The van der Waals surface area contributed by atoms with Gasteiger partial charge in [-0.2, -0.15) is 39.5 Å². The third kappa shape index (κ3) is 25.9. The number of nitrogens with one attached hydrogen (secondary N) is 1. The minimum absolute atomic E-state index is 0.0191. The van der Waals surface area contributed by atoms with E-state index in [0.29, 0.717) is 86.3 Å². The van der Waals surface area contributed by atoms with E-state index in [9.17, 15) is 69.2 Å². The number of para-hydroxylation sites is 5. The molecule has 82 heavy (non-hydrogen) atoms. The van der Waals surface area contributed by atoms with Crippen LogP contribution in [0.4, 0.5) is 45.2 Å². The molecule has 4 N–H and O–H groups in total. The average Bonchev–Trinajstić information content (AvgIpc) is 3.46. The Morgan fingerprint density at radius 1 is 0.439 bits per heavy atom. The van der Waals surface area contributed by atoms with Crippen molar-refractivity contribution in [3.05, 3.63) is 185 Å². The highest BCUT2D eigenvalue weighted by Gasteiger charge is 2.31. The first-order chi connectivity index (χ1) is 38.8. The zero-order valence-electron chi connectivity index (χ0n) is 45.3. The highest BCUT2D eigenvalue weighted by molar-refractivity contribution is 5.90. The molecule has 1 amide bonds. The van der Waals surface area contributed by atoms with Crippen molar-refractivity contribution < 1.29 is 92.9 Å². The number of anilines is 1. The standard InChI is InChI=1S/C21H23F3O4.C20H22F3NO3.C20H21F3O4/c1-15(25)27-13-17-6-2-3-8-20(17)28-14-19(26)7-4-5-16-9-11-18(12-10-16)21(22,23)24;1-14(25)24-18-7-2-3-8-19(18)27-13-17(26)6-4-5-15-9-11-16(12-10-15)20(21,22)23;1-14(24)27-19-8-3-2-7-18(19)26-13-17(25)6-4-5-15-9-11-16(12-10-15)20(21,22)23/h2-3,6,8-12,19,26H,4-5,7,13-14H2,1H3;2-3,7-12,17,26H,4-6,13H2,1H3,(H,24,25);2-3,7-12,17,25H,4-6,13H2,1H3. The van der Waals surface area contributed by atoms with Crippen LogP contribution in [0, 0.1) is 0 Å². The van der Waals surface area contributed by atoms with E-state index >= 15 is 0 Å². The van der Waals surface area contributed by atoms with Crippen LogP contribution in [0.5, 0.6) is 23.0 Å². The maximum absolute atomic E-state index is 12.5. The number of ether oxygens (including phenoxy) is 5. The highest BCUT2D eigenvalue weighted by atomic mass is 19.4. The molecule has 0 bridgehead atoms. The van der Waals surface area contributed by atoms with Crippen LogP contribution in [0.1, 0.15) is 98.2 Å². The van der Waals surface area contributed by atoms with E-state index in [4.69, 9.17) is 23.7 Å². The molecule has 0 spiro atoms. The molecule has 444 valence electrons. The molecular weight excluding hydrogens is 1090 g/mol. The molecule has 0 aliphatic heterocycles. The molecule has 0 radical (unpaired) electrons. The second-order valence-electron chi connectivity index (χ2n) is 18.8. The van der Waals surface area contributed by atoms with Gasteiger partial charge in [-0.15, -0.1) is 0 Å². The van der Waals surface area contributed by atoms with Crippen LogP contribution in [-0.2, 0) is 63.5 Å². The van der Waals surface area contributed by atoms with E-state index in [2.05, 4.69) is 5.32 Å². The monoisotopic (exact) mass is 1160 g/mol. The molecule has 0 aromatic heterocycles. The number of rotatable bonds is 25. The molecule has 0 aliphatic rings. The summed E-state index contributed by atoms with van der Waals surface area (Å²) in [5.41, 5.74) is 1.56. The molecule has 0 aliphatic carbocycles. The smallest absolute Gasteiger partial charge is 0.416 e. The van der Waals surface area contributed by atoms with Crippen LogP contribution in [0.3, 0.4) is 0 Å². The van der Waals surface area contributed by atoms with Gasteiger partial charge in [-0.25, -0.2) is 0 Å². The fourth-order valence-electron chi connectivity index (χ4n) is 7.65. The zero-order chi connectivity index (χ0) is 60.3. The van der Waals surface area contributed by atoms with Crippen molar-refractivity contribution >= 4 is 23.5 Å². The molecule has 0 heterocycles. The molecule has 21 heteroatoms. The predicted octanol–water partition coefficient (Wildman–Crippen LogP) is 13.4.